The Morgan fingerprint density at radius 2 is 1.83 bits per heavy atom. The zero-order chi connectivity index (χ0) is 21.3. The van der Waals surface area contributed by atoms with Crippen LogP contribution in [0.4, 0.5) is 0 Å². The average Bonchev–Trinajstić information content (AvgIpc) is 2.98. The molecule has 0 radical (unpaired) electrons. The lowest BCUT2D eigenvalue weighted by atomic mass is 10.1. The van der Waals surface area contributed by atoms with Crippen LogP contribution in [-0.4, -0.2) is 44.2 Å². The number of fused-ring (bicyclic) bond motifs is 1. The third-order valence-corrected chi connectivity index (χ3v) is 4.56. The number of carbonyl (C=O) groups is 3. The minimum absolute atomic E-state index is 0.155. The van der Waals surface area contributed by atoms with E-state index in [1.807, 2.05) is 0 Å². The zero-order valence-corrected chi connectivity index (χ0v) is 16.1. The third-order valence-electron chi connectivity index (χ3n) is 4.56. The number of H-pyrrole nitrogens is 1. The van der Waals surface area contributed by atoms with Crippen molar-refractivity contribution in [3.05, 3.63) is 62.8 Å². The lowest BCUT2D eigenvalue weighted by Crippen LogP contribution is -2.29. The number of nitrogens with one attached hydrogen (secondary N) is 1. The molecule has 0 atom stereocenters. The number of benzene rings is 1. The van der Waals surface area contributed by atoms with Crippen LogP contribution in [0, 0.1) is 13.8 Å². The molecule has 0 aliphatic heterocycles. The Morgan fingerprint density at radius 3 is 2.45 bits per heavy atom. The van der Waals surface area contributed by atoms with Gasteiger partial charge in [-0.25, -0.2) is 14.3 Å². The number of hydrogen-bond acceptors (Lipinski definition) is 6. The van der Waals surface area contributed by atoms with Crippen molar-refractivity contribution >= 4 is 28.5 Å². The predicted octanol–water partition coefficient (Wildman–Crippen LogP) is 2.10. The van der Waals surface area contributed by atoms with Gasteiger partial charge in [0.05, 0.1) is 12.0 Å². The molecule has 0 spiro atoms. The third kappa shape index (κ3) is 3.54. The SMILES string of the molecule is CCOC(=O)c1[nH]c(C)c(C(=O)Cn2nc(C(=O)O)c3ccccc3c2=O)c1C. The molecule has 2 N–H and O–H groups in total. The van der Waals surface area contributed by atoms with Crippen LogP contribution >= 0.6 is 0 Å². The van der Waals surface area contributed by atoms with Crippen molar-refractivity contribution in [2.24, 2.45) is 0 Å². The van der Waals surface area contributed by atoms with Gasteiger partial charge in [0.1, 0.15) is 12.2 Å². The molecule has 0 fully saturated rings. The van der Waals surface area contributed by atoms with Gasteiger partial charge in [0.2, 0.25) is 0 Å². The van der Waals surface area contributed by atoms with Gasteiger partial charge in [-0.2, -0.15) is 5.10 Å². The summed E-state index contributed by atoms with van der Waals surface area (Å²) in [7, 11) is 0. The first-order valence-electron chi connectivity index (χ1n) is 8.88. The second-order valence-electron chi connectivity index (χ2n) is 6.43. The Labute approximate surface area is 164 Å². The van der Waals surface area contributed by atoms with E-state index < -0.39 is 29.8 Å². The lowest BCUT2D eigenvalue weighted by Gasteiger charge is -2.09. The number of carboxylic acid groups (broad SMARTS) is 1. The van der Waals surface area contributed by atoms with Crippen LogP contribution in [0.25, 0.3) is 10.8 Å². The quantitative estimate of drug-likeness (QED) is 0.481. The van der Waals surface area contributed by atoms with Gasteiger partial charge in [-0.1, -0.05) is 18.2 Å². The maximum Gasteiger partial charge on any atom is 0.357 e. The summed E-state index contributed by atoms with van der Waals surface area (Å²) in [6.07, 6.45) is 0. The van der Waals surface area contributed by atoms with Gasteiger partial charge >= 0.3 is 11.9 Å². The number of nitrogens with zero attached hydrogens (tertiary/aromatic N) is 2. The number of aryl methyl sites for hydroxylation is 1. The Bertz CT molecular complexity index is 1200. The van der Waals surface area contributed by atoms with E-state index >= 15 is 0 Å². The monoisotopic (exact) mass is 397 g/mol. The van der Waals surface area contributed by atoms with E-state index in [9.17, 15) is 24.3 Å². The molecular weight excluding hydrogens is 378 g/mol. The maximum absolute atomic E-state index is 12.9. The first kappa shape index (κ1) is 20.0. The number of aromatic carboxylic acids is 1. The van der Waals surface area contributed by atoms with E-state index in [2.05, 4.69) is 10.1 Å². The summed E-state index contributed by atoms with van der Waals surface area (Å²) < 4.78 is 5.81. The van der Waals surface area contributed by atoms with Crippen LogP contribution in [0.1, 0.15) is 49.5 Å². The molecular formula is C20H19N3O6. The summed E-state index contributed by atoms with van der Waals surface area (Å²) in [5, 5.41) is 13.7. The Morgan fingerprint density at radius 1 is 1.17 bits per heavy atom. The van der Waals surface area contributed by atoms with Crippen LogP contribution in [0.3, 0.4) is 0 Å². The van der Waals surface area contributed by atoms with Crippen molar-refractivity contribution in [3.63, 3.8) is 0 Å². The smallest absolute Gasteiger partial charge is 0.357 e. The molecule has 29 heavy (non-hydrogen) atoms. The van der Waals surface area contributed by atoms with Gasteiger partial charge in [0.25, 0.3) is 5.56 Å². The molecule has 0 saturated heterocycles. The molecule has 150 valence electrons. The van der Waals surface area contributed by atoms with E-state index in [4.69, 9.17) is 4.74 Å². The summed E-state index contributed by atoms with van der Waals surface area (Å²) in [6, 6.07) is 6.19. The van der Waals surface area contributed by atoms with E-state index in [-0.39, 0.29) is 34.3 Å². The summed E-state index contributed by atoms with van der Waals surface area (Å²) in [6.45, 7) is 4.62. The van der Waals surface area contributed by atoms with Gasteiger partial charge < -0.3 is 14.8 Å². The molecule has 3 rings (SSSR count). The van der Waals surface area contributed by atoms with Crippen molar-refractivity contribution in [2.75, 3.05) is 6.61 Å². The topological polar surface area (TPSA) is 131 Å². The van der Waals surface area contributed by atoms with Crippen LogP contribution in [-0.2, 0) is 11.3 Å². The second kappa shape index (κ2) is 7.70. The molecule has 1 aromatic carbocycles. The fourth-order valence-corrected chi connectivity index (χ4v) is 3.29. The summed E-state index contributed by atoms with van der Waals surface area (Å²) in [5.41, 5.74) is 0.365. The largest absolute Gasteiger partial charge is 0.476 e. The number of ether oxygens (including phenoxy) is 1. The molecule has 9 nitrogen and oxygen atoms in total. The summed E-state index contributed by atoms with van der Waals surface area (Å²) in [5.74, 6) is -2.37. The van der Waals surface area contributed by atoms with Gasteiger partial charge in [0, 0.05) is 16.6 Å². The molecule has 0 saturated carbocycles. The van der Waals surface area contributed by atoms with E-state index in [0.29, 0.717) is 11.3 Å². The Kier molecular flexibility index (Phi) is 5.31. The van der Waals surface area contributed by atoms with Crippen LogP contribution in [0.5, 0.6) is 0 Å². The van der Waals surface area contributed by atoms with Gasteiger partial charge in [0.15, 0.2) is 11.5 Å². The number of hydrogen-bond donors (Lipinski definition) is 2. The fraction of sp³-hybridized carbons (Fsp3) is 0.250. The highest BCUT2D eigenvalue weighted by atomic mass is 16.5. The van der Waals surface area contributed by atoms with E-state index in [0.717, 1.165) is 4.68 Å². The molecule has 0 bridgehead atoms. The van der Waals surface area contributed by atoms with Crippen LogP contribution in [0.15, 0.2) is 29.1 Å². The van der Waals surface area contributed by atoms with Gasteiger partial charge in [-0.15, -0.1) is 0 Å². The maximum atomic E-state index is 12.9. The number of carboxylic acids is 1. The van der Waals surface area contributed by atoms with Crippen molar-refractivity contribution in [2.45, 2.75) is 27.3 Å². The number of rotatable bonds is 6. The van der Waals surface area contributed by atoms with Crippen molar-refractivity contribution < 1.29 is 24.2 Å². The molecule has 0 amide bonds. The Hall–Kier alpha value is -3.75. The standard InChI is InChI=1S/C20H19N3O6/c1-4-29-20(28)16-10(2)15(11(3)21-16)14(24)9-23-18(25)13-8-6-5-7-12(13)17(22-23)19(26)27/h5-8,21H,4,9H2,1-3H3,(H,26,27). The predicted molar refractivity (Wildman–Crippen MR) is 104 cm³/mol. The molecule has 0 aliphatic carbocycles. The minimum atomic E-state index is -1.30. The molecule has 2 heterocycles. The number of aromatic amines is 1. The molecule has 3 aromatic rings. The van der Waals surface area contributed by atoms with E-state index in [1.54, 1.807) is 32.9 Å². The first-order chi connectivity index (χ1) is 13.8. The molecule has 2 aromatic heterocycles. The van der Waals surface area contributed by atoms with Crippen LogP contribution < -0.4 is 5.56 Å². The summed E-state index contributed by atoms with van der Waals surface area (Å²) >= 11 is 0. The van der Waals surface area contributed by atoms with Crippen LogP contribution in [0.2, 0.25) is 0 Å². The fourth-order valence-electron chi connectivity index (χ4n) is 3.29. The van der Waals surface area contributed by atoms with E-state index in [1.165, 1.54) is 12.1 Å². The highest BCUT2D eigenvalue weighted by Gasteiger charge is 2.24. The number of esters is 1. The molecule has 9 heteroatoms. The lowest BCUT2D eigenvalue weighted by molar-refractivity contribution is 0.0518. The van der Waals surface area contributed by atoms with Crippen molar-refractivity contribution in [3.8, 4) is 0 Å². The normalized spacial score (nSPS) is 10.9. The number of carbonyl (C=O) groups excluding carboxylic acids is 2. The number of ketones is 1. The van der Waals surface area contributed by atoms with Crippen molar-refractivity contribution in [1.29, 1.82) is 0 Å². The minimum Gasteiger partial charge on any atom is -0.476 e. The van der Waals surface area contributed by atoms with Gasteiger partial charge in [-0.3, -0.25) is 9.59 Å². The summed E-state index contributed by atoms with van der Waals surface area (Å²) in [4.78, 5) is 52.1. The first-order valence-corrected chi connectivity index (χ1v) is 8.88. The molecule has 0 unspecified atom stereocenters. The second-order valence-corrected chi connectivity index (χ2v) is 6.43. The highest BCUT2D eigenvalue weighted by molar-refractivity contribution is 6.03. The van der Waals surface area contributed by atoms with Gasteiger partial charge in [-0.05, 0) is 32.4 Å². The number of aromatic nitrogens is 3. The highest BCUT2D eigenvalue weighted by Crippen LogP contribution is 2.20. The zero-order valence-electron chi connectivity index (χ0n) is 16.1. The number of Topliss-reactive ketones (excluding diaryl/α,β-unsaturated/α-hetero) is 1. The molecule has 0 aliphatic rings. The average molecular weight is 397 g/mol. The Balaban J connectivity index is 2.06. The van der Waals surface area contributed by atoms with Crippen molar-refractivity contribution in [1.82, 2.24) is 14.8 Å².